The van der Waals surface area contributed by atoms with Gasteiger partial charge in [0.05, 0.1) is 0 Å². The van der Waals surface area contributed by atoms with E-state index in [0.717, 1.165) is 26.9 Å². The van der Waals surface area contributed by atoms with Crippen molar-refractivity contribution in [1.82, 2.24) is 0 Å². The molecule has 2 aromatic rings. The van der Waals surface area contributed by atoms with Crippen molar-refractivity contribution in [2.75, 3.05) is 11.1 Å². The lowest BCUT2D eigenvalue weighted by Gasteiger charge is -2.12. The summed E-state index contributed by atoms with van der Waals surface area (Å²) in [6.45, 7) is 5.81. The number of hydrogen-bond donors (Lipinski definition) is 2. The summed E-state index contributed by atoms with van der Waals surface area (Å²) in [7, 11) is 0. The zero-order valence-corrected chi connectivity index (χ0v) is 13.3. The smallest absolute Gasteiger partial charge is 0.256 e. The molecule has 0 aliphatic heterocycles. The van der Waals surface area contributed by atoms with E-state index in [1.165, 1.54) is 0 Å². The zero-order valence-electron chi connectivity index (χ0n) is 11.8. The molecule has 3 N–H and O–H groups in total. The van der Waals surface area contributed by atoms with E-state index in [9.17, 15) is 4.79 Å². The minimum absolute atomic E-state index is 0.149. The molecule has 0 aliphatic rings. The number of anilines is 2. The van der Waals surface area contributed by atoms with Gasteiger partial charge in [-0.05, 0) is 55.7 Å². The second-order valence-corrected chi connectivity index (χ2v) is 5.86. The minimum atomic E-state index is -0.149. The molecule has 4 heteroatoms. The van der Waals surface area contributed by atoms with Gasteiger partial charge in [-0.2, -0.15) is 0 Å². The minimum Gasteiger partial charge on any atom is -0.398 e. The van der Waals surface area contributed by atoms with Crippen molar-refractivity contribution in [2.24, 2.45) is 0 Å². The number of rotatable bonds is 2. The topological polar surface area (TPSA) is 55.1 Å². The maximum Gasteiger partial charge on any atom is 0.256 e. The molecule has 0 aromatic heterocycles. The van der Waals surface area contributed by atoms with Crippen molar-refractivity contribution in [3.8, 4) is 0 Å². The number of halogens is 1. The summed E-state index contributed by atoms with van der Waals surface area (Å²) < 4.78 is 0.798. The largest absolute Gasteiger partial charge is 0.398 e. The number of hydrogen-bond acceptors (Lipinski definition) is 2. The van der Waals surface area contributed by atoms with E-state index in [0.29, 0.717) is 11.3 Å². The van der Waals surface area contributed by atoms with Crippen LogP contribution in [0.1, 0.15) is 27.0 Å². The predicted molar refractivity (Wildman–Crippen MR) is 87.2 cm³/mol. The van der Waals surface area contributed by atoms with Crippen molar-refractivity contribution in [2.45, 2.75) is 20.8 Å². The monoisotopic (exact) mass is 332 g/mol. The van der Waals surface area contributed by atoms with Crippen molar-refractivity contribution in [3.63, 3.8) is 0 Å². The van der Waals surface area contributed by atoms with Gasteiger partial charge in [-0.1, -0.05) is 28.1 Å². The first kappa shape index (κ1) is 14.6. The Kier molecular flexibility index (Phi) is 4.14. The summed E-state index contributed by atoms with van der Waals surface area (Å²) in [4.78, 5) is 12.4. The lowest BCUT2D eigenvalue weighted by Crippen LogP contribution is -2.15. The van der Waals surface area contributed by atoms with Crippen molar-refractivity contribution < 1.29 is 4.79 Å². The maximum absolute atomic E-state index is 12.4. The molecule has 2 aromatic carbocycles. The van der Waals surface area contributed by atoms with E-state index in [1.807, 2.05) is 39.0 Å². The lowest BCUT2D eigenvalue weighted by molar-refractivity contribution is 0.102. The van der Waals surface area contributed by atoms with Crippen molar-refractivity contribution in [1.29, 1.82) is 0 Å². The molecule has 0 unspecified atom stereocenters. The zero-order chi connectivity index (χ0) is 14.9. The first-order valence-corrected chi connectivity index (χ1v) is 7.12. The van der Waals surface area contributed by atoms with Gasteiger partial charge < -0.3 is 11.1 Å². The van der Waals surface area contributed by atoms with Crippen LogP contribution in [0.4, 0.5) is 11.4 Å². The molecule has 0 saturated carbocycles. The van der Waals surface area contributed by atoms with Gasteiger partial charge in [0, 0.05) is 21.4 Å². The summed E-state index contributed by atoms with van der Waals surface area (Å²) >= 11 is 3.37. The molecule has 0 saturated heterocycles. The summed E-state index contributed by atoms with van der Waals surface area (Å²) in [5, 5.41) is 2.95. The highest BCUT2D eigenvalue weighted by Crippen LogP contribution is 2.24. The summed E-state index contributed by atoms with van der Waals surface area (Å²) in [5.74, 6) is -0.149. The normalized spacial score (nSPS) is 10.4. The fourth-order valence-electron chi connectivity index (χ4n) is 2.00. The van der Waals surface area contributed by atoms with Crippen LogP contribution in [0.3, 0.4) is 0 Å². The summed E-state index contributed by atoms with van der Waals surface area (Å²) in [5.41, 5.74) is 10.8. The first-order valence-electron chi connectivity index (χ1n) is 6.32. The number of aryl methyl sites for hydroxylation is 2. The molecule has 0 aliphatic carbocycles. The number of carbonyl (C=O) groups is 1. The third-order valence-electron chi connectivity index (χ3n) is 3.30. The van der Waals surface area contributed by atoms with Gasteiger partial charge in [-0.15, -0.1) is 0 Å². The molecule has 0 radical (unpaired) electrons. The Morgan fingerprint density at radius 1 is 1.15 bits per heavy atom. The van der Waals surface area contributed by atoms with Crippen molar-refractivity contribution >= 4 is 33.2 Å². The Morgan fingerprint density at radius 2 is 1.85 bits per heavy atom. The Bertz CT molecular complexity index is 680. The number of amides is 1. The van der Waals surface area contributed by atoms with Crippen LogP contribution in [-0.4, -0.2) is 5.91 Å². The third kappa shape index (κ3) is 3.02. The fourth-order valence-corrected chi connectivity index (χ4v) is 2.47. The van der Waals surface area contributed by atoms with Gasteiger partial charge in [-0.3, -0.25) is 4.79 Å². The second kappa shape index (κ2) is 5.67. The van der Waals surface area contributed by atoms with Crippen LogP contribution >= 0.6 is 15.9 Å². The fraction of sp³-hybridized carbons (Fsp3) is 0.188. The Morgan fingerprint density at radius 3 is 2.55 bits per heavy atom. The van der Waals surface area contributed by atoms with Gasteiger partial charge in [0.2, 0.25) is 0 Å². The molecule has 0 fully saturated rings. The molecule has 0 bridgehead atoms. The molecular formula is C16H17BrN2O. The summed E-state index contributed by atoms with van der Waals surface area (Å²) in [6, 6.07) is 9.56. The van der Waals surface area contributed by atoms with Crippen LogP contribution in [0.25, 0.3) is 0 Å². The molecular weight excluding hydrogens is 316 g/mol. The molecule has 1 amide bonds. The number of carbonyl (C=O) groups excluding carboxylic acids is 1. The third-order valence-corrected chi connectivity index (χ3v) is 3.76. The molecule has 0 heterocycles. The number of nitrogens with one attached hydrogen (secondary N) is 1. The van der Waals surface area contributed by atoms with Gasteiger partial charge in [0.25, 0.3) is 5.91 Å². The Hall–Kier alpha value is -1.81. The van der Waals surface area contributed by atoms with Crippen LogP contribution in [0.5, 0.6) is 0 Å². The van der Waals surface area contributed by atoms with E-state index in [4.69, 9.17) is 5.73 Å². The molecule has 0 spiro atoms. The first-order chi connectivity index (χ1) is 9.38. The molecule has 104 valence electrons. The maximum atomic E-state index is 12.4. The van der Waals surface area contributed by atoms with Gasteiger partial charge in [0.15, 0.2) is 0 Å². The highest BCUT2D eigenvalue weighted by atomic mass is 79.9. The lowest BCUT2D eigenvalue weighted by atomic mass is 10.1. The average Bonchev–Trinajstić information content (AvgIpc) is 2.38. The Labute approximate surface area is 127 Å². The standard InChI is InChI=1S/C16H17BrN2O/c1-9-4-5-10(2)15(6-9)19-16(20)13-7-12(17)8-14(18)11(13)3/h4-8H,18H2,1-3H3,(H,19,20). The van der Waals surface area contributed by atoms with Crippen molar-refractivity contribution in [3.05, 3.63) is 57.1 Å². The van der Waals surface area contributed by atoms with Gasteiger partial charge in [-0.25, -0.2) is 0 Å². The highest BCUT2D eigenvalue weighted by Gasteiger charge is 2.13. The van der Waals surface area contributed by atoms with Crippen LogP contribution in [0, 0.1) is 20.8 Å². The van der Waals surface area contributed by atoms with Crippen LogP contribution in [0.2, 0.25) is 0 Å². The van der Waals surface area contributed by atoms with E-state index in [2.05, 4.69) is 21.2 Å². The predicted octanol–water partition coefficient (Wildman–Crippen LogP) is 4.21. The average molecular weight is 333 g/mol. The van der Waals surface area contributed by atoms with Gasteiger partial charge >= 0.3 is 0 Å². The number of nitrogen functional groups attached to an aromatic ring is 1. The number of nitrogens with two attached hydrogens (primary N) is 1. The number of benzene rings is 2. The molecule has 20 heavy (non-hydrogen) atoms. The van der Waals surface area contributed by atoms with E-state index < -0.39 is 0 Å². The molecule has 3 nitrogen and oxygen atoms in total. The Balaban J connectivity index is 2.35. The van der Waals surface area contributed by atoms with Crippen LogP contribution in [0.15, 0.2) is 34.8 Å². The highest BCUT2D eigenvalue weighted by molar-refractivity contribution is 9.10. The quantitative estimate of drug-likeness (QED) is 0.809. The molecule has 2 rings (SSSR count). The van der Waals surface area contributed by atoms with E-state index in [1.54, 1.807) is 12.1 Å². The second-order valence-electron chi connectivity index (χ2n) is 4.94. The van der Waals surface area contributed by atoms with E-state index in [-0.39, 0.29) is 5.91 Å². The van der Waals surface area contributed by atoms with Crippen LogP contribution < -0.4 is 11.1 Å². The van der Waals surface area contributed by atoms with Gasteiger partial charge in [0.1, 0.15) is 0 Å². The van der Waals surface area contributed by atoms with Crippen LogP contribution in [-0.2, 0) is 0 Å². The SMILES string of the molecule is Cc1ccc(C)c(NC(=O)c2cc(Br)cc(N)c2C)c1. The summed E-state index contributed by atoms with van der Waals surface area (Å²) in [6.07, 6.45) is 0. The van der Waals surface area contributed by atoms with E-state index >= 15 is 0 Å². The molecule has 0 atom stereocenters.